The van der Waals surface area contributed by atoms with Gasteiger partial charge in [0.05, 0.1) is 11.2 Å². The molecule has 0 spiro atoms. The van der Waals surface area contributed by atoms with Crippen molar-refractivity contribution >= 4 is 29.4 Å². The summed E-state index contributed by atoms with van der Waals surface area (Å²) >= 11 is 12.0. The maximum atomic E-state index is 13.8. The van der Waals surface area contributed by atoms with Gasteiger partial charge in [0.1, 0.15) is 30.8 Å². The van der Waals surface area contributed by atoms with Gasteiger partial charge in [-0.05, 0) is 30.3 Å². The summed E-state index contributed by atoms with van der Waals surface area (Å²) in [6, 6.07) is 9.54. The fourth-order valence-electron chi connectivity index (χ4n) is 1.96. The molecule has 2 aromatic carbocycles. The van der Waals surface area contributed by atoms with E-state index in [2.05, 4.69) is 15.3 Å². The van der Waals surface area contributed by atoms with Crippen LogP contribution in [0.2, 0.25) is 10.0 Å². The smallest absolute Gasteiger partial charge is 0.141 e. The lowest BCUT2D eigenvalue weighted by atomic mass is 10.2. The zero-order chi connectivity index (χ0) is 16.9. The van der Waals surface area contributed by atoms with Gasteiger partial charge in [0.2, 0.25) is 0 Å². The number of rotatable bonds is 5. The van der Waals surface area contributed by atoms with E-state index in [1.807, 2.05) is 0 Å². The van der Waals surface area contributed by atoms with Gasteiger partial charge in [0.15, 0.2) is 0 Å². The van der Waals surface area contributed by atoms with Gasteiger partial charge in [-0.15, -0.1) is 10.2 Å². The van der Waals surface area contributed by atoms with E-state index >= 15 is 0 Å². The molecule has 24 heavy (non-hydrogen) atoms. The second-order valence-electron chi connectivity index (χ2n) is 4.76. The predicted molar refractivity (Wildman–Crippen MR) is 90.2 cm³/mol. The lowest BCUT2D eigenvalue weighted by Gasteiger charge is -2.11. The zero-order valence-electron chi connectivity index (χ0n) is 12.2. The zero-order valence-corrected chi connectivity index (χ0v) is 13.7. The Kier molecular flexibility index (Phi) is 5.08. The number of halogens is 3. The highest BCUT2D eigenvalue weighted by atomic mass is 35.5. The first kappa shape index (κ1) is 16.4. The maximum Gasteiger partial charge on any atom is 0.141 e. The van der Waals surface area contributed by atoms with Crippen LogP contribution in [0.1, 0.15) is 11.1 Å². The molecule has 0 fully saturated rings. The molecule has 1 heterocycles. The van der Waals surface area contributed by atoms with E-state index in [1.54, 1.807) is 36.5 Å². The van der Waals surface area contributed by atoms with Crippen molar-refractivity contribution in [1.82, 2.24) is 14.9 Å². The highest BCUT2D eigenvalue weighted by Gasteiger charge is 2.09. The van der Waals surface area contributed by atoms with Gasteiger partial charge in [-0.3, -0.25) is 0 Å². The number of hydrogen-bond donors (Lipinski definition) is 0. The summed E-state index contributed by atoms with van der Waals surface area (Å²) in [6.07, 6.45) is 4.44. The molecule has 0 saturated carbocycles. The molecule has 8 heteroatoms. The first-order chi connectivity index (χ1) is 11.6. The molecular formula is C16H11Cl2FN4O. The molecule has 0 N–H and O–H groups in total. The molecule has 1 aromatic heterocycles. The largest absolute Gasteiger partial charge is 0.488 e. The number of ether oxygens (including phenoxy) is 1. The Morgan fingerprint density at radius 2 is 1.96 bits per heavy atom. The van der Waals surface area contributed by atoms with Crippen molar-refractivity contribution in [3.8, 4) is 5.75 Å². The Labute approximate surface area is 147 Å². The number of aromatic nitrogens is 3. The van der Waals surface area contributed by atoms with Gasteiger partial charge in [-0.2, -0.15) is 5.10 Å². The number of benzene rings is 2. The standard InChI is InChI=1S/C16H11Cl2FN4O/c17-12-4-5-16(11(6-12)7-22-23-9-20-21-10-23)24-8-13-14(18)2-1-3-15(13)19/h1-7,9-10H,8H2/b22-7+. The average Bonchev–Trinajstić information content (AvgIpc) is 3.07. The van der Waals surface area contributed by atoms with E-state index in [0.717, 1.165) is 0 Å². The minimum Gasteiger partial charge on any atom is -0.488 e. The number of hydrogen-bond acceptors (Lipinski definition) is 4. The van der Waals surface area contributed by atoms with Crippen LogP contribution < -0.4 is 4.74 Å². The summed E-state index contributed by atoms with van der Waals surface area (Å²) < 4.78 is 20.9. The third-order valence-electron chi connectivity index (χ3n) is 3.14. The summed E-state index contributed by atoms with van der Waals surface area (Å²) in [4.78, 5) is 0. The summed E-state index contributed by atoms with van der Waals surface area (Å²) in [5.74, 6) is 0.0757. The first-order valence-corrected chi connectivity index (χ1v) is 7.63. The van der Waals surface area contributed by atoms with Crippen LogP contribution in [-0.2, 0) is 6.61 Å². The van der Waals surface area contributed by atoms with E-state index in [9.17, 15) is 4.39 Å². The van der Waals surface area contributed by atoms with Crippen LogP contribution in [0.15, 0.2) is 54.2 Å². The molecule has 3 aromatic rings. The van der Waals surface area contributed by atoms with Crippen LogP contribution in [0.3, 0.4) is 0 Å². The van der Waals surface area contributed by atoms with Gasteiger partial charge >= 0.3 is 0 Å². The second kappa shape index (κ2) is 7.42. The summed E-state index contributed by atoms with van der Waals surface area (Å²) in [5, 5.41) is 12.3. The topological polar surface area (TPSA) is 52.3 Å². The molecule has 0 aliphatic heterocycles. The molecule has 3 rings (SSSR count). The predicted octanol–water partition coefficient (Wildman–Crippen LogP) is 4.19. The monoisotopic (exact) mass is 364 g/mol. The minimum absolute atomic E-state index is 0.0133. The highest BCUT2D eigenvalue weighted by Crippen LogP contribution is 2.25. The molecule has 0 radical (unpaired) electrons. The van der Waals surface area contributed by atoms with Crippen molar-refractivity contribution in [2.75, 3.05) is 0 Å². The maximum absolute atomic E-state index is 13.8. The normalized spacial score (nSPS) is 11.1. The van der Waals surface area contributed by atoms with Crippen LogP contribution in [0.5, 0.6) is 5.75 Å². The summed E-state index contributed by atoms with van der Waals surface area (Å²) in [5.41, 5.74) is 0.916. The SMILES string of the molecule is Fc1cccc(Cl)c1COc1ccc(Cl)cc1/C=N/n1cnnc1. The molecule has 0 unspecified atom stereocenters. The van der Waals surface area contributed by atoms with Crippen LogP contribution in [0.25, 0.3) is 0 Å². The van der Waals surface area contributed by atoms with Crippen LogP contribution >= 0.6 is 23.2 Å². The fourth-order valence-corrected chi connectivity index (χ4v) is 2.35. The Morgan fingerprint density at radius 3 is 2.71 bits per heavy atom. The summed E-state index contributed by atoms with van der Waals surface area (Å²) in [6.45, 7) is -0.0133. The Hall–Kier alpha value is -2.44. The lowest BCUT2D eigenvalue weighted by molar-refractivity contribution is 0.299. The van der Waals surface area contributed by atoms with Crippen molar-refractivity contribution in [3.05, 3.63) is 76.0 Å². The third kappa shape index (κ3) is 3.90. The Morgan fingerprint density at radius 1 is 1.17 bits per heavy atom. The quantitative estimate of drug-likeness (QED) is 0.638. The molecular weight excluding hydrogens is 354 g/mol. The van der Waals surface area contributed by atoms with Crippen LogP contribution in [0.4, 0.5) is 4.39 Å². The first-order valence-electron chi connectivity index (χ1n) is 6.88. The average molecular weight is 365 g/mol. The van der Waals surface area contributed by atoms with Crippen LogP contribution in [0, 0.1) is 5.82 Å². The molecule has 0 amide bonds. The van der Waals surface area contributed by atoms with Crippen molar-refractivity contribution in [2.45, 2.75) is 6.61 Å². The van der Waals surface area contributed by atoms with Gasteiger partial charge in [-0.25, -0.2) is 9.07 Å². The van der Waals surface area contributed by atoms with E-state index in [-0.39, 0.29) is 12.2 Å². The van der Waals surface area contributed by atoms with Crippen molar-refractivity contribution in [3.63, 3.8) is 0 Å². The Balaban J connectivity index is 1.83. The van der Waals surface area contributed by atoms with Gasteiger partial charge in [-0.1, -0.05) is 29.3 Å². The van der Waals surface area contributed by atoms with E-state index in [0.29, 0.717) is 21.4 Å². The number of nitrogens with zero attached hydrogens (tertiary/aromatic N) is 4. The van der Waals surface area contributed by atoms with Gasteiger partial charge in [0.25, 0.3) is 0 Å². The van der Waals surface area contributed by atoms with Crippen molar-refractivity contribution in [1.29, 1.82) is 0 Å². The lowest BCUT2D eigenvalue weighted by Crippen LogP contribution is -2.02. The molecule has 0 aliphatic rings. The highest BCUT2D eigenvalue weighted by molar-refractivity contribution is 6.31. The van der Waals surface area contributed by atoms with Crippen molar-refractivity contribution < 1.29 is 9.13 Å². The Bertz CT molecular complexity index is 848. The minimum atomic E-state index is -0.420. The van der Waals surface area contributed by atoms with Crippen molar-refractivity contribution in [2.24, 2.45) is 5.10 Å². The van der Waals surface area contributed by atoms with Gasteiger partial charge in [0, 0.05) is 16.1 Å². The summed E-state index contributed by atoms with van der Waals surface area (Å²) in [7, 11) is 0. The molecule has 0 atom stereocenters. The molecule has 0 aliphatic carbocycles. The molecule has 0 bridgehead atoms. The molecule has 0 saturated heterocycles. The fraction of sp³-hybridized carbons (Fsp3) is 0.0625. The van der Waals surface area contributed by atoms with Gasteiger partial charge < -0.3 is 4.74 Å². The second-order valence-corrected chi connectivity index (χ2v) is 5.60. The molecule has 122 valence electrons. The van der Waals surface area contributed by atoms with E-state index in [4.69, 9.17) is 27.9 Å². The van der Waals surface area contributed by atoms with Crippen LogP contribution in [-0.4, -0.2) is 21.1 Å². The third-order valence-corrected chi connectivity index (χ3v) is 3.73. The van der Waals surface area contributed by atoms with E-state index in [1.165, 1.54) is 23.4 Å². The van der Waals surface area contributed by atoms with E-state index < -0.39 is 5.82 Å². The molecule has 5 nitrogen and oxygen atoms in total.